The predicted molar refractivity (Wildman–Crippen MR) is 117 cm³/mol. The molecule has 0 bridgehead atoms. The second-order valence-corrected chi connectivity index (χ2v) is 9.38. The number of hydrogen-bond donors (Lipinski definition) is 3. The van der Waals surface area contributed by atoms with Crippen molar-refractivity contribution in [2.24, 2.45) is 18.2 Å². The van der Waals surface area contributed by atoms with Gasteiger partial charge in [0.2, 0.25) is 17.7 Å². The molecule has 4 atom stereocenters. The molecule has 2 aromatic rings. The lowest BCUT2D eigenvalue weighted by atomic mass is 9.86. The normalized spacial score (nSPS) is 21.2. The Morgan fingerprint density at radius 2 is 2.03 bits per heavy atom. The van der Waals surface area contributed by atoms with Gasteiger partial charge < -0.3 is 25.8 Å². The average molecular weight is 432 g/mol. The van der Waals surface area contributed by atoms with Gasteiger partial charge in [-0.3, -0.25) is 14.3 Å². The molecule has 2 amide bonds. The predicted octanol–water partition coefficient (Wildman–Crippen LogP) is 1.09. The number of nitrogens with one attached hydrogen (secondary N) is 1. The maximum absolute atomic E-state index is 13.1. The molecule has 0 spiro atoms. The van der Waals surface area contributed by atoms with Gasteiger partial charge in [0.15, 0.2) is 0 Å². The Labute approximate surface area is 182 Å². The van der Waals surface area contributed by atoms with Crippen molar-refractivity contribution < 1.29 is 19.4 Å². The van der Waals surface area contributed by atoms with Crippen molar-refractivity contribution in [3.63, 3.8) is 0 Å². The highest BCUT2D eigenvalue weighted by Gasteiger charge is 2.42. The summed E-state index contributed by atoms with van der Waals surface area (Å²) in [6.45, 7) is 7.61. The SMILES string of the molecule is COc1nn(C)c2ccc([C@H](C)NC(=O)[C@@H]3C[C@@H](O)CN3C(=O)C(N)C(C)(C)C)cc12. The zero-order valence-electron chi connectivity index (χ0n) is 19.0. The topological polar surface area (TPSA) is 123 Å². The molecule has 1 aliphatic rings. The molecular formula is C22H33N5O4. The third-order valence-electron chi connectivity index (χ3n) is 5.96. The number of amides is 2. The molecule has 0 radical (unpaired) electrons. The number of hydrogen-bond acceptors (Lipinski definition) is 6. The molecule has 3 rings (SSSR count). The van der Waals surface area contributed by atoms with Gasteiger partial charge in [-0.1, -0.05) is 26.8 Å². The molecule has 170 valence electrons. The zero-order chi connectivity index (χ0) is 23.1. The molecule has 9 nitrogen and oxygen atoms in total. The Morgan fingerprint density at radius 3 is 2.65 bits per heavy atom. The Kier molecular flexibility index (Phi) is 6.29. The van der Waals surface area contributed by atoms with E-state index in [1.54, 1.807) is 11.8 Å². The largest absolute Gasteiger partial charge is 0.479 e. The summed E-state index contributed by atoms with van der Waals surface area (Å²) in [6, 6.07) is 3.97. The number of carbonyl (C=O) groups excluding carboxylic acids is 2. The molecule has 1 aliphatic heterocycles. The number of rotatable bonds is 5. The number of β-amino-alcohol motifs (C(OH)–C–C–N with tert-alkyl or cyclic N) is 1. The summed E-state index contributed by atoms with van der Waals surface area (Å²) in [5, 5.41) is 18.3. The van der Waals surface area contributed by atoms with Gasteiger partial charge in [0.05, 0.1) is 36.2 Å². The van der Waals surface area contributed by atoms with Crippen molar-refractivity contribution in [2.45, 2.75) is 58.3 Å². The van der Waals surface area contributed by atoms with Gasteiger partial charge in [0, 0.05) is 20.0 Å². The summed E-state index contributed by atoms with van der Waals surface area (Å²) >= 11 is 0. The third-order valence-corrected chi connectivity index (χ3v) is 5.96. The van der Waals surface area contributed by atoms with Crippen molar-refractivity contribution in [3.8, 4) is 5.88 Å². The monoisotopic (exact) mass is 431 g/mol. The van der Waals surface area contributed by atoms with Crippen LogP contribution in [0.5, 0.6) is 5.88 Å². The smallest absolute Gasteiger partial charge is 0.243 e. The molecule has 9 heteroatoms. The lowest BCUT2D eigenvalue weighted by molar-refractivity contribution is -0.141. The van der Waals surface area contributed by atoms with Crippen LogP contribution in [0, 0.1) is 5.41 Å². The standard InChI is InChI=1S/C22H33N5O4/c1-12(13-7-8-16-15(9-13)20(31-6)25-26(16)5)24-19(29)17-10-14(28)11-27(17)21(30)18(23)22(2,3)4/h7-9,12,14,17-18,28H,10-11,23H2,1-6H3,(H,24,29)/t12-,14+,17-,18?/m0/s1. The number of ether oxygens (including phenoxy) is 1. The number of benzene rings is 1. The fraction of sp³-hybridized carbons (Fsp3) is 0.591. The molecule has 1 saturated heterocycles. The summed E-state index contributed by atoms with van der Waals surface area (Å²) in [5.41, 5.74) is 7.49. The minimum absolute atomic E-state index is 0.105. The fourth-order valence-corrected chi connectivity index (χ4v) is 3.92. The summed E-state index contributed by atoms with van der Waals surface area (Å²) in [7, 11) is 3.41. The zero-order valence-corrected chi connectivity index (χ0v) is 19.0. The molecule has 4 N–H and O–H groups in total. The van der Waals surface area contributed by atoms with Crippen molar-refractivity contribution in [2.75, 3.05) is 13.7 Å². The van der Waals surface area contributed by atoms with Gasteiger partial charge in [-0.2, -0.15) is 0 Å². The van der Waals surface area contributed by atoms with Crippen molar-refractivity contribution in [3.05, 3.63) is 23.8 Å². The maximum atomic E-state index is 13.1. The lowest BCUT2D eigenvalue weighted by Gasteiger charge is -2.32. The Hall–Kier alpha value is -2.65. The Balaban J connectivity index is 1.78. The summed E-state index contributed by atoms with van der Waals surface area (Å²) < 4.78 is 7.08. The number of aryl methyl sites for hydroxylation is 1. The first-order chi connectivity index (χ1) is 14.4. The number of nitrogens with zero attached hydrogens (tertiary/aromatic N) is 3. The first-order valence-electron chi connectivity index (χ1n) is 10.5. The van der Waals surface area contributed by atoms with Crippen LogP contribution in [0.3, 0.4) is 0 Å². The number of carbonyl (C=O) groups is 2. The molecule has 1 fully saturated rings. The summed E-state index contributed by atoms with van der Waals surface area (Å²) in [4.78, 5) is 27.4. The van der Waals surface area contributed by atoms with Gasteiger partial charge in [-0.15, -0.1) is 5.10 Å². The summed E-state index contributed by atoms with van der Waals surface area (Å²) in [5.74, 6) is -0.111. The van der Waals surface area contributed by atoms with E-state index in [4.69, 9.17) is 10.5 Å². The number of aromatic nitrogens is 2. The quantitative estimate of drug-likeness (QED) is 0.651. The fourth-order valence-electron chi connectivity index (χ4n) is 3.92. The van der Waals surface area contributed by atoms with Gasteiger partial charge in [-0.25, -0.2) is 0 Å². The number of fused-ring (bicyclic) bond motifs is 1. The van der Waals surface area contributed by atoms with E-state index in [-0.39, 0.29) is 30.8 Å². The Bertz CT molecular complexity index is 980. The van der Waals surface area contributed by atoms with Crippen molar-refractivity contribution in [1.82, 2.24) is 20.0 Å². The summed E-state index contributed by atoms with van der Waals surface area (Å²) in [6.07, 6.45) is -0.561. The molecule has 0 saturated carbocycles. The van der Waals surface area contributed by atoms with Crippen molar-refractivity contribution in [1.29, 1.82) is 0 Å². The molecule has 1 aromatic carbocycles. The van der Waals surface area contributed by atoms with E-state index >= 15 is 0 Å². The second kappa shape index (κ2) is 8.47. The van der Waals surface area contributed by atoms with Gasteiger partial charge >= 0.3 is 0 Å². The van der Waals surface area contributed by atoms with Gasteiger partial charge in [0.1, 0.15) is 6.04 Å². The third kappa shape index (κ3) is 4.52. The lowest BCUT2D eigenvalue weighted by Crippen LogP contribution is -2.55. The van der Waals surface area contributed by atoms with Crippen LogP contribution < -0.4 is 15.8 Å². The van der Waals surface area contributed by atoms with Crippen LogP contribution in [0.15, 0.2) is 18.2 Å². The highest BCUT2D eigenvalue weighted by atomic mass is 16.5. The maximum Gasteiger partial charge on any atom is 0.243 e. The van der Waals surface area contributed by atoms with E-state index in [0.29, 0.717) is 5.88 Å². The molecule has 31 heavy (non-hydrogen) atoms. The molecule has 1 aromatic heterocycles. The first-order valence-corrected chi connectivity index (χ1v) is 10.5. The minimum Gasteiger partial charge on any atom is -0.479 e. The molecule has 2 heterocycles. The number of aliphatic hydroxyl groups excluding tert-OH is 1. The highest BCUT2D eigenvalue weighted by Crippen LogP contribution is 2.28. The van der Waals surface area contributed by atoms with Crippen LogP contribution in [0.1, 0.15) is 45.7 Å². The van der Waals surface area contributed by atoms with Gasteiger partial charge in [-0.05, 0) is 30.0 Å². The van der Waals surface area contributed by atoms with E-state index < -0.39 is 23.6 Å². The van der Waals surface area contributed by atoms with E-state index in [1.165, 1.54) is 4.90 Å². The van der Waals surface area contributed by atoms with E-state index in [9.17, 15) is 14.7 Å². The number of aliphatic hydroxyl groups is 1. The van der Waals surface area contributed by atoms with E-state index in [2.05, 4.69) is 10.4 Å². The average Bonchev–Trinajstić information content (AvgIpc) is 3.25. The Morgan fingerprint density at radius 1 is 1.35 bits per heavy atom. The van der Waals surface area contributed by atoms with E-state index in [1.807, 2.05) is 52.9 Å². The van der Waals surface area contributed by atoms with Crippen LogP contribution in [0.2, 0.25) is 0 Å². The van der Waals surface area contributed by atoms with Crippen LogP contribution in [0.25, 0.3) is 10.9 Å². The second-order valence-electron chi connectivity index (χ2n) is 9.38. The van der Waals surface area contributed by atoms with Crippen LogP contribution in [-0.4, -0.2) is 63.4 Å². The van der Waals surface area contributed by atoms with Crippen molar-refractivity contribution >= 4 is 22.7 Å². The van der Waals surface area contributed by atoms with E-state index in [0.717, 1.165) is 16.5 Å². The molecular weight excluding hydrogens is 398 g/mol. The van der Waals surface area contributed by atoms with Crippen LogP contribution in [0.4, 0.5) is 0 Å². The highest BCUT2D eigenvalue weighted by molar-refractivity contribution is 5.91. The number of methoxy groups -OCH3 is 1. The van der Waals surface area contributed by atoms with Crippen LogP contribution in [-0.2, 0) is 16.6 Å². The molecule has 1 unspecified atom stereocenters. The van der Waals surface area contributed by atoms with Crippen LogP contribution >= 0.6 is 0 Å². The molecule has 0 aliphatic carbocycles. The first kappa shape index (κ1) is 23.0. The minimum atomic E-state index is -0.758. The number of nitrogens with two attached hydrogens (primary N) is 1. The number of likely N-dealkylation sites (tertiary alicyclic amines) is 1. The van der Waals surface area contributed by atoms with Gasteiger partial charge in [0.25, 0.3) is 0 Å².